The molecule has 1 aromatic heterocycles. The number of rotatable bonds is 7. The Morgan fingerprint density at radius 3 is 2.42 bits per heavy atom. The highest BCUT2D eigenvalue weighted by atomic mass is 35.5. The number of hydrogen-bond donors (Lipinski definition) is 0. The van der Waals surface area contributed by atoms with Crippen LogP contribution in [0, 0.1) is 0 Å². The van der Waals surface area contributed by atoms with Crippen LogP contribution in [-0.2, 0) is 14.8 Å². The minimum absolute atomic E-state index is 0.0535. The molecule has 0 radical (unpaired) electrons. The molecule has 0 amide bonds. The molecule has 1 atom stereocenters. The number of likely N-dealkylation sites (N-methyl/N-ethyl adjacent to an activating group) is 1. The summed E-state index contributed by atoms with van der Waals surface area (Å²) in [5.74, 6) is 0. The molecule has 0 unspecified atom stereocenters. The molecule has 1 heterocycles. The maximum absolute atomic E-state index is 12.8. The van der Waals surface area contributed by atoms with E-state index in [1.807, 2.05) is 0 Å². The third-order valence-corrected chi connectivity index (χ3v) is 6.63. The van der Waals surface area contributed by atoms with Gasteiger partial charge in [-0.15, -0.1) is 0 Å². The van der Waals surface area contributed by atoms with Crippen LogP contribution in [-0.4, -0.2) is 48.8 Å². The molecule has 0 aliphatic carbocycles. The summed E-state index contributed by atoms with van der Waals surface area (Å²) in [7, 11) is -2.18. The van der Waals surface area contributed by atoms with E-state index in [0.29, 0.717) is 12.2 Å². The fourth-order valence-corrected chi connectivity index (χ4v) is 4.41. The zero-order chi connectivity index (χ0) is 19.5. The monoisotopic (exact) mass is 419 g/mol. The lowest BCUT2D eigenvalue weighted by Crippen LogP contribution is -2.40. The standard InChI is InChI=1S/C16H19Cl2N3O4S/c1-4-20(11(2)10-25-3)26(23,24)13-7-5-12(6-8-13)21-16(22)15(18)14(17)9-19-21/h5-9,11H,4,10H2,1-3H3/t11-/m0/s1. The number of hydrogen-bond acceptors (Lipinski definition) is 5. The lowest BCUT2D eigenvalue weighted by Gasteiger charge is -2.26. The molecule has 0 aliphatic heterocycles. The number of halogens is 2. The van der Waals surface area contributed by atoms with Gasteiger partial charge >= 0.3 is 0 Å². The van der Waals surface area contributed by atoms with Crippen molar-refractivity contribution in [1.82, 2.24) is 14.1 Å². The summed E-state index contributed by atoms with van der Waals surface area (Å²) < 4.78 is 33.1. The van der Waals surface area contributed by atoms with E-state index in [2.05, 4.69) is 5.10 Å². The number of ether oxygens (including phenoxy) is 1. The van der Waals surface area contributed by atoms with Gasteiger partial charge in [0.25, 0.3) is 5.56 Å². The second-order valence-corrected chi connectivity index (χ2v) is 8.21. The molecular weight excluding hydrogens is 401 g/mol. The van der Waals surface area contributed by atoms with Crippen LogP contribution >= 0.6 is 23.2 Å². The van der Waals surface area contributed by atoms with Crippen LogP contribution in [0.25, 0.3) is 5.69 Å². The largest absolute Gasteiger partial charge is 0.383 e. The number of methoxy groups -OCH3 is 1. The van der Waals surface area contributed by atoms with Gasteiger partial charge in [0.1, 0.15) is 5.02 Å². The van der Waals surface area contributed by atoms with Crippen molar-refractivity contribution in [2.75, 3.05) is 20.3 Å². The van der Waals surface area contributed by atoms with Crippen molar-refractivity contribution < 1.29 is 13.2 Å². The van der Waals surface area contributed by atoms with E-state index in [9.17, 15) is 13.2 Å². The summed E-state index contributed by atoms with van der Waals surface area (Å²) in [5, 5.41) is 3.82. The lowest BCUT2D eigenvalue weighted by molar-refractivity contribution is 0.142. The van der Waals surface area contributed by atoms with E-state index in [1.165, 1.54) is 41.9 Å². The molecular formula is C16H19Cl2N3O4S. The van der Waals surface area contributed by atoms with Gasteiger partial charge in [0.2, 0.25) is 10.0 Å². The Kier molecular flexibility index (Phi) is 6.81. The van der Waals surface area contributed by atoms with Crippen molar-refractivity contribution in [3.8, 4) is 5.69 Å². The first-order chi connectivity index (χ1) is 12.2. The molecule has 1 aromatic carbocycles. The van der Waals surface area contributed by atoms with Crippen molar-refractivity contribution in [2.45, 2.75) is 24.8 Å². The summed E-state index contributed by atoms with van der Waals surface area (Å²) in [4.78, 5) is 12.2. The van der Waals surface area contributed by atoms with Gasteiger partial charge in [0.05, 0.1) is 28.4 Å². The predicted molar refractivity (Wildman–Crippen MR) is 101 cm³/mol. The first-order valence-electron chi connectivity index (χ1n) is 7.78. The maximum Gasteiger partial charge on any atom is 0.291 e. The first kappa shape index (κ1) is 20.9. The quantitative estimate of drug-likeness (QED) is 0.688. The van der Waals surface area contributed by atoms with Crippen molar-refractivity contribution >= 4 is 33.2 Å². The summed E-state index contributed by atoms with van der Waals surface area (Å²) in [6.07, 6.45) is 1.25. The molecule has 2 rings (SSSR count). The van der Waals surface area contributed by atoms with Gasteiger partial charge in [-0.2, -0.15) is 14.1 Å². The predicted octanol–water partition coefficient (Wildman–Crippen LogP) is 2.58. The molecule has 0 N–H and O–H groups in total. The van der Waals surface area contributed by atoms with Crippen molar-refractivity contribution in [3.63, 3.8) is 0 Å². The molecule has 0 aliphatic rings. The van der Waals surface area contributed by atoms with E-state index in [0.717, 1.165) is 4.68 Å². The summed E-state index contributed by atoms with van der Waals surface area (Å²) in [5.41, 5.74) is -0.209. The summed E-state index contributed by atoms with van der Waals surface area (Å²) in [6.45, 7) is 4.13. The van der Waals surface area contributed by atoms with Crippen LogP contribution in [0.5, 0.6) is 0 Å². The highest BCUT2D eigenvalue weighted by Crippen LogP contribution is 2.21. The molecule has 7 nitrogen and oxygen atoms in total. The van der Waals surface area contributed by atoms with Crippen LogP contribution in [0.1, 0.15) is 13.8 Å². The Morgan fingerprint density at radius 1 is 1.27 bits per heavy atom. The van der Waals surface area contributed by atoms with E-state index in [1.54, 1.807) is 13.8 Å². The molecule has 0 fully saturated rings. The fourth-order valence-electron chi connectivity index (χ4n) is 2.53. The molecule has 0 spiro atoms. The van der Waals surface area contributed by atoms with Crippen LogP contribution in [0.3, 0.4) is 0 Å². The Labute approximate surface area is 162 Å². The van der Waals surface area contributed by atoms with Crippen LogP contribution in [0.2, 0.25) is 10.0 Å². The third-order valence-electron chi connectivity index (χ3n) is 3.78. The molecule has 10 heteroatoms. The Morgan fingerprint density at radius 2 is 1.88 bits per heavy atom. The number of nitrogens with zero attached hydrogens (tertiary/aromatic N) is 3. The average molecular weight is 420 g/mol. The number of sulfonamides is 1. The van der Waals surface area contributed by atoms with Crippen LogP contribution in [0.15, 0.2) is 40.2 Å². The zero-order valence-electron chi connectivity index (χ0n) is 14.5. The number of aromatic nitrogens is 2. The molecule has 142 valence electrons. The molecule has 2 aromatic rings. The van der Waals surface area contributed by atoms with Gasteiger partial charge in [-0.25, -0.2) is 8.42 Å². The first-order valence-corrected chi connectivity index (χ1v) is 9.98. The van der Waals surface area contributed by atoms with E-state index in [-0.39, 0.29) is 27.6 Å². The Bertz CT molecular complexity index is 930. The second-order valence-electron chi connectivity index (χ2n) is 5.53. The molecule has 0 bridgehead atoms. The maximum atomic E-state index is 12.8. The van der Waals surface area contributed by atoms with E-state index in [4.69, 9.17) is 27.9 Å². The normalized spacial score (nSPS) is 13.2. The van der Waals surface area contributed by atoms with Gasteiger partial charge in [-0.1, -0.05) is 30.1 Å². The minimum Gasteiger partial charge on any atom is -0.383 e. The van der Waals surface area contributed by atoms with Crippen LogP contribution in [0.4, 0.5) is 0 Å². The minimum atomic E-state index is -3.70. The van der Waals surface area contributed by atoms with Gasteiger partial charge < -0.3 is 4.74 Å². The highest BCUT2D eigenvalue weighted by Gasteiger charge is 2.27. The van der Waals surface area contributed by atoms with Crippen molar-refractivity contribution in [2.24, 2.45) is 0 Å². The van der Waals surface area contributed by atoms with E-state index < -0.39 is 15.6 Å². The zero-order valence-corrected chi connectivity index (χ0v) is 16.8. The highest BCUT2D eigenvalue weighted by molar-refractivity contribution is 7.89. The van der Waals surface area contributed by atoms with Crippen LogP contribution < -0.4 is 5.56 Å². The van der Waals surface area contributed by atoms with Crippen molar-refractivity contribution in [1.29, 1.82) is 0 Å². The summed E-state index contributed by atoms with van der Waals surface area (Å²) in [6, 6.07) is 5.50. The average Bonchev–Trinajstić information content (AvgIpc) is 2.60. The summed E-state index contributed by atoms with van der Waals surface area (Å²) >= 11 is 11.6. The molecule has 0 saturated carbocycles. The fraction of sp³-hybridized carbons (Fsp3) is 0.375. The van der Waals surface area contributed by atoms with Gasteiger partial charge in [-0.05, 0) is 31.2 Å². The molecule has 0 saturated heterocycles. The van der Waals surface area contributed by atoms with Gasteiger partial charge in [0, 0.05) is 19.7 Å². The second kappa shape index (κ2) is 8.49. The topological polar surface area (TPSA) is 81.5 Å². The smallest absolute Gasteiger partial charge is 0.291 e. The Balaban J connectivity index is 2.40. The molecule has 26 heavy (non-hydrogen) atoms. The van der Waals surface area contributed by atoms with Gasteiger partial charge in [0.15, 0.2) is 0 Å². The van der Waals surface area contributed by atoms with E-state index >= 15 is 0 Å². The number of benzene rings is 1. The lowest BCUT2D eigenvalue weighted by atomic mass is 10.3. The van der Waals surface area contributed by atoms with Gasteiger partial charge in [-0.3, -0.25) is 4.79 Å². The SMILES string of the molecule is CCN([C@@H](C)COC)S(=O)(=O)c1ccc(-n2ncc(Cl)c(Cl)c2=O)cc1. The third kappa shape index (κ3) is 4.10. The Hall–Kier alpha value is -1.45. The van der Waals surface area contributed by atoms with Crippen molar-refractivity contribution in [3.05, 3.63) is 50.9 Å².